The van der Waals surface area contributed by atoms with E-state index in [-0.39, 0.29) is 11.7 Å². The van der Waals surface area contributed by atoms with E-state index in [4.69, 9.17) is 16.3 Å². The molecule has 0 radical (unpaired) electrons. The molecule has 4 heteroatoms. The topological polar surface area (TPSA) is 21.3 Å². The minimum atomic E-state index is 0.0237. The highest BCUT2D eigenvalue weighted by atomic mass is 79.9. The van der Waals surface area contributed by atoms with E-state index in [2.05, 4.69) is 35.1 Å². The molecular formula is C13H17BrClNO. The molecular weight excluding hydrogens is 302 g/mol. The van der Waals surface area contributed by atoms with Gasteiger partial charge in [-0.05, 0) is 44.9 Å². The maximum absolute atomic E-state index is 6.14. The molecule has 1 aliphatic rings. The molecule has 1 unspecified atom stereocenters. The summed E-state index contributed by atoms with van der Waals surface area (Å²) < 4.78 is 6.91. The molecule has 1 fully saturated rings. The second-order valence-corrected chi connectivity index (χ2v) is 6.37. The summed E-state index contributed by atoms with van der Waals surface area (Å²) in [4.78, 5) is 0. The van der Waals surface area contributed by atoms with E-state index in [0.29, 0.717) is 0 Å². The van der Waals surface area contributed by atoms with Crippen LogP contribution in [0.5, 0.6) is 0 Å². The van der Waals surface area contributed by atoms with Crippen LogP contribution in [0.2, 0.25) is 5.02 Å². The van der Waals surface area contributed by atoms with E-state index in [1.54, 1.807) is 0 Å². The number of hydrogen-bond donors (Lipinski definition) is 1. The van der Waals surface area contributed by atoms with Crippen LogP contribution in [-0.4, -0.2) is 18.2 Å². The number of rotatable bonds is 3. The molecule has 0 aromatic heterocycles. The van der Waals surface area contributed by atoms with Crippen molar-refractivity contribution in [1.82, 2.24) is 0 Å². The van der Waals surface area contributed by atoms with Gasteiger partial charge in [0.25, 0.3) is 0 Å². The van der Waals surface area contributed by atoms with Crippen LogP contribution in [0.3, 0.4) is 0 Å². The maximum Gasteiger partial charge on any atom is 0.0755 e. The van der Waals surface area contributed by atoms with Gasteiger partial charge in [0, 0.05) is 11.0 Å². The van der Waals surface area contributed by atoms with E-state index >= 15 is 0 Å². The summed E-state index contributed by atoms with van der Waals surface area (Å²) in [5.41, 5.74) is 0.985. The van der Waals surface area contributed by atoms with E-state index in [1.165, 1.54) is 0 Å². The fourth-order valence-corrected chi connectivity index (χ4v) is 2.82. The molecule has 0 spiro atoms. The molecule has 1 saturated heterocycles. The zero-order valence-corrected chi connectivity index (χ0v) is 12.4. The molecule has 17 heavy (non-hydrogen) atoms. The number of halogens is 2. The Morgan fingerprint density at radius 1 is 1.53 bits per heavy atom. The second kappa shape index (κ2) is 5.17. The lowest BCUT2D eigenvalue weighted by Gasteiger charge is -2.20. The monoisotopic (exact) mass is 317 g/mol. The Bertz CT molecular complexity index is 408. The first kappa shape index (κ1) is 13.2. The lowest BCUT2D eigenvalue weighted by Crippen LogP contribution is -2.24. The van der Waals surface area contributed by atoms with Crippen molar-refractivity contribution in [3.8, 4) is 0 Å². The van der Waals surface area contributed by atoms with Crippen molar-refractivity contribution in [2.45, 2.75) is 38.4 Å². The highest BCUT2D eigenvalue weighted by Gasteiger charge is 2.31. The third kappa shape index (κ3) is 3.60. The largest absolute Gasteiger partial charge is 0.381 e. The van der Waals surface area contributed by atoms with E-state index in [1.807, 2.05) is 18.2 Å². The van der Waals surface area contributed by atoms with Crippen LogP contribution in [0.4, 0.5) is 5.69 Å². The number of benzene rings is 1. The Morgan fingerprint density at radius 2 is 2.29 bits per heavy atom. The van der Waals surface area contributed by atoms with Crippen molar-refractivity contribution in [3.05, 3.63) is 27.7 Å². The summed E-state index contributed by atoms with van der Waals surface area (Å²) in [7, 11) is 0. The molecule has 1 atom stereocenters. The quantitative estimate of drug-likeness (QED) is 0.887. The average molecular weight is 319 g/mol. The van der Waals surface area contributed by atoms with Gasteiger partial charge in [0.05, 0.1) is 22.4 Å². The van der Waals surface area contributed by atoms with Crippen LogP contribution in [-0.2, 0) is 4.74 Å². The molecule has 1 N–H and O–H groups in total. The van der Waals surface area contributed by atoms with E-state index in [9.17, 15) is 0 Å². The van der Waals surface area contributed by atoms with Crippen LogP contribution in [0.1, 0.15) is 26.7 Å². The van der Waals surface area contributed by atoms with Gasteiger partial charge in [0.15, 0.2) is 0 Å². The van der Waals surface area contributed by atoms with Crippen LogP contribution >= 0.6 is 27.5 Å². The summed E-state index contributed by atoms with van der Waals surface area (Å²) >= 11 is 9.53. The van der Waals surface area contributed by atoms with Crippen molar-refractivity contribution in [3.63, 3.8) is 0 Å². The summed E-state index contributed by atoms with van der Waals surface area (Å²) in [5.74, 6) is 0. The fourth-order valence-electron chi connectivity index (χ4n) is 2.08. The molecule has 1 aromatic carbocycles. The highest BCUT2D eigenvalue weighted by molar-refractivity contribution is 9.10. The van der Waals surface area contributed by atoms with Gasteiger partial charge in [-0.15, -0.1) is 0 Å². The molecule has 94 valence electrons. The molecule has 2 nitrogen and oxygen atoms in total. The third-order valence-corrected chi connectivity index (χ3v) is 3.81. The summed E-state index contributed by atoms with van der Waals surface area (Å²) in [6.07, 6.45) is 2.51. The van der Waals surface area contributed by atoms with Crippen molar-refractivity contribution in [2.75, 3.05) is 11.9 Å². The maximum atomic E-state index is 6.14. The Morgan fingerprint density at radius 3 is 2.88 bits per heavy atom. The van der Waals surface area contributed by atoms with Gasteiger partial charge in [0.2, 0.25) is 0 Å². The molecule has 1 heterocycles. The SMILES string of the molecule is CC1(C)CCC(CNc2ccc(Br)cc2Cl)O1. The predicted molar refractivity (Wildman–Crippen MR) is 75.8 cm³/mol. The van der Waals surface area contributed by atoms with Gasteiger partial charge in [0.1, 0.15) is 0 Å². The smallest absolute Gasteiger partial charge is 0.0755 e. The number of nitrogens with one attached hydrogen (secondary N) is 1. The first-order valence-corrected chi connectivity index (χ1v) is 7.00. The van der Waals surface area contributed by atoms with Crippen LogP contribution in [0.25, 0.3) is 0 Å². The number of ether oxygens (including phenoxy) is 1. The molecule has 1 aliphatic heterocycles. The van der Waals surface area contributed by atoms with Gasteiger partial charge in [-0.2, -0.15) is 0 Å². The van der Waals surface area contributed by atoms with Gasteiger partial charge in [-0.1, -0.05) is 27.5 Å². The van der Waals surface area contributed by atoms with E-state index in [0.717, 1.165) is 34.6 Å². The number of anilines is 1. The predicted octanol–water partition coefficient (Wildman–Crippen LogP) is 4.47. The third-order valence-electron chi connectivity index (χ3n) is 3.01. The van der Waals surface area contributed by atoms with Crippen LogP contribution < -0.4 is 5.32 Å². The molecule has 0 amide bonds. The van der Waals surface area contributed by atoms with E-state index < -0.39 is 0 Å². The first-order valence-electron chi connectivity index (χ1n) is 5.83. The number of hydrogen-bond acceptors (Lipinski definition) is 2. The minimum Gasteiger partial charge on any atom is -0.381 e. The molecule has 0 saturated carbocycles. The van der Waals surface area contributed by atoms with Gasteiger partial charge >= 0.3 is 0 Å². The standard InChI is InChI=1S/C13H17BrClNO/c1-13(2)6-5-10(17-13)8-16-12-4-3-9(14)7-11(12)15/h3-4,7,10,16H,5-6,8H2,1-2H3. The lowest BCUT2D eigenvalue weighted by atomic mass is 10.1. The van der Waals surface area contributed by atoms with Crippen molar-refractivity contribution in [1.29, 1.82) is 0 Å². The lowest BCUT2D eigenvalue weighted by molar-refractivity contribution is -0.00910. The van der Waals surface area contributed by atoms with Gasteiger partial charge in [-0.25, -0.2) is 0 Å². The van der Waals surface area contributed by atoms with Crippen LogP contribution in [0.15, 0.2) is 22.7 Å². The zero-order chi connectivity index (χ0) is 12.5. The Balaban J connectivity index is 1.90. The van der Waals surface area contributed by atoms with Crippen molar-refractivity contribution in [2.24, 2.45) is 0 Å². The normalized spacial score (nSPS) is 22.7. The fraction of sp³-hybridized carbons (Fsp3) is 0.538. The average Bonchev–Trinajstić information content (AvgIpc) is 2.57. The van der Waals surface area contributed by atoms with Gasteiger partial charge < -0.3 is 10.1 Å². The summed E-state index contributed by atoms with van der Waals surface area (Å²) in [5, 5.41) is 4.08. The van der Waals surface area contributed by atoms with Gasteiger partial charge in [-0.3, -0.25) is 0 Å². The molecule has 0 bridgehead atoms. The highest BCUT2D eigenvalue weighted by Crippen LogP contribution is 2.30. The minimum absolute atomic E-state index is 0.0237. The Kier molecular flexibility index (Phi) is 4.01. The zero-order valence-electron chi connectivity index (χ0n) is 10.1. The second-order valence-electron chi connectivity index (χ2n) is 5.04. The van der Waals surface area contributed by atoms with Crippen LogP contribution in [0, 0.1) is 0 Å². The summed E-state index contributed by atoms with van der Waals surface area (Å²) in [6, 6.07) is 5.85. The molecule has 0 aliphatic carbocycles. The van der Waals surface area contributed by atoms with Crippen molar-refractivity contribution >= 4 is 33.2 Å². The summed E-state index contributed by atoms with van der Waals surface area (Å²) in [6.45, 7) is 5.09. The Labute approximate surface area is 116 Å². The molecule has 1 aromatic rings. The Hall–Kier alpha value is -0.250. The van der Waals surface area contributed by atoms with Crippen molar-refractivity contribution < 1.29 is 4.74 Å². The first-order chi connectivity index (χ1) is 7.96. The molecule has 2 rings (SSSR count).